The van der Waals surface area contributed by atoms with Crippen molar-refractivity contribution < 1.29 is 19.7 Å². The molecule has 1 aromatic heterocycles. The summed E-state index contributed by atoms with van der Waals surface area (Å²) in [5.41, 5.74) is 1.28. The van der Waals surface area contributed by atoms with Crippen molar-refractivity contribution in [2.75, 3.05) is 6.61 Å². The molecule has 5 nitrogen and oxygen atoms in total. The number of nitrogens with zero attached hydrogens (tertiary/aromatic N) is 1. The smallest absolute Gasteiger partial charge is 0.308 e. The zero-order chi connectivity index (χ0) is 12.8. The standard InChI is InChI=1S/C12H17NO4/c1-3-17-11(15)7-10(14)12(16)9-6-8(2)4-5-13-9/h4-6,10,12,14,16H,3,7H2,1-2H3. The van der Waals surface area contributed by atoms with Crippen molar-refractivity contribution in [1.82, 2.24) is 4.98 Å². The molecule has 1 aromatic rings. The molecule has 0 bridgehead atoms. The summed E-state index contributed by atoms with van der Waals surface area (Å²) in [4.78, 5) is 15.1. The number of aromatic nitrogens is 1. The molecule has 2 atom stereocenters. The average molecular weight is 239 g/mol. The first kappa shape index (κ1) is 13.6. The molecular formula is C12H17NO4. The molecule has 0 aliphatic heterocycles. The summed E-state index contributed by atoms with van der Waals surface area (Å²) < 4.78 is 4.69. The van der Waals surface area contributed by atoms with Crippen LogP contribution in [0.15, 0.2) is 18.3 Å². The lowest BCUT2D eigenvalue weighted by molar-refractivity contribution is -0.147. The van der Waals surface area contributed by atoms with E-state index in [1.165, 1.54) is 0 Å². The van der Waals surface area contributed by atoms with Crippen LogP contribution in [0.1, 0.15) is 30.7 Å². The molecule has 0 amide bonds. The second kappa shape index (κ2) is 6.32. The zero-order valence-corrected chi connectivity index (χ0v) is 9.96. The number of hydrogen-bond donors (Lipinski definition) is 2. The lowest BCUT2D eigenvalue weighted by Crippen LogP contribution is -2.23. The summed E-state index contributed by atoms with van der Waals surface area (Å²) in [6.45, 7) is 3.79. The van der Waals surface area contributed by atoms with Gasteiger partial charge in [-0.3, -0.25) is 9.78 Å². The Morgan fingerprint density at radius 2 is 2.24 bits per heavy atom. The highest BCUT2D eigenvalue weighted by Gasteiger charge is 2.23. The maximum atomic E-state index is 11.1. The van der Waals surface area contributed by atoms with E-state index >= 15 is 0 Å². The number of pyridine rings is 1. The van der Waals surface area contributed by atoms with Crippen molar-refractivity contribution in [2.24, 2.45) is 0 Å². The Morgan fingerprint density at radius 3 is 2.82 bits per heavy atom. The van der Waals surface area contributed by atoms with Crippen LogP contribution < -0.4 is 0 Å². The lowest BCUT2D eigenvalue weighted by atomic mass is 10.1. The summed E-state index contributed by atoms with van der Waals surface area (Å²) in [6, 6.07) is 3.45. The number of carbonyl (C=O) groups excluding carboxylic acids is 1. The number of ether oxygens (including phenoxy) is 1. The summed E-state index contributed by atoms with van der Waals surface area (Å²) >= 11 is 0. The highest BCUT2D eigenvalue weighted by Crippen LogP contribution is 2.17. The van der Waals surface area contributed by atoms with E-state index in [0.717, 1.165) is 5.56 Å². The van der Waals surface area contributed by atoms with Gasteiger partial charge in [-0.2, -0.15) is 0 Å². The van der Waals surface area contributed by atoms with E-state index in [4.69, 9.17) is 4.74 Å². The van der Waals surface area contributed by atoms with Gasteiger partial charge in [0, 0.05) is 6.20 Å². The Bertz CT molecular complexity index is 381. The molecule has 2 N–H and O–H groups in total. The Morgan fingerprint density at radius 1 is 1.53 bits per heavy atom. The molecule has 0 spiro atoms. The third-order valence-corrected chi connectivity index (χ3v) is 2.29. The molecule has 0 fully saturated rings. The fourth-order valence-corrected chi connectivity index (χ4v) is 1.42. The van der Waals surface area contributed by atoms with Crippen molar-refractivity contribution >= 4 is 5.97 Å². The Labute approximate surface area is 100 Å². The van der Waals surface area contributed by atoms with Crippen LogP contribution in [0.4, 0.5) is 0 Å². The highest BCUT2D eigenvalue weighted by atomic mass is 16.5. The summed E-state index contributed by atoms with van der Waals surface area (Å²) in [6.07, 6.45) is -1.09. The van der Waals surface area contributed by atoms with Gasteiger partial charge in [0.2, 0.25) is 0 Å². The molecule has 0 radical (unpaired) electrons. The third kappa shape index (κ3) is 4.13. The van der Waals surface area contributed by atoms with Gasteiger partial charge >= 0.3 is 5.97 Å². The Kier molecular flexibility index (Phi) is 5.06. The van der Waals surface area contributed by atoms with Gasteiger partial charge in [0.15, 0.2) is 0 Å². The van der Waals surface area contributed by atoms with Gasteiger partial charge in [-0.15, -0.1) is 0 Å². The topological polar surface area (TPSA) is 79.7 Å². The number of rotatable bonds is 5. The molecule has 1 rings (SSSR count). The molecule has 1 heterocycles. The molecule has 94 valence electrons. The number of carbonyl (C=O) groups is 1. The zero-order valence-electron chi connectivity index (χ0n) is 9.96. The van der Waals surface area contributed by atoms with Crippen LogP contribution in [0.3, 0.4) is 0 Å². The van der Waals surface area contributed by atoms with E-state index < -0.39 is 18.2 Å². The minimum absolute atomic E-state index is 0.245. The molecular weight excluding hydrogens is 222 g/mol. The first-order valence-corrected chi connectivity index (χ1v) is 5.49. The number of aryl methyl sites for hydroxylation is 1. The number of aliphatic hydroxyl groups is 2. The van der Waals surface area contributed by atoms with E-state index in [2.05, 4.69) is 4.98 Å². The minimum Gasteiger partial charge on any atom is -0.466 e. The highest BCUT2D eigenvalue weighted by molar-refractivity contribution is 5.70. The van der Waals surface area contributed by atoms with Crippen molar-refractivity contribution in [1.29, 1.82) is 0 Å². The quantitative estimate of drug-likeness (QED) is 0.741. The number of esters is 1. The normalized spacial score (nSPS) is 14.1. The van der Waals surface area contributed by atoms with Gasteiger partial charge in [0.1, 0.15) is 6.10 Å². The predicted octanol–water partition coefficient (Wildman–Crippen LogP) is 0.738. The maximum absolute atomic E-state index is 11.1. The van der Waals surface area contributed by atoms with Crippen LogP contribution in [0.2, 0.25) is 0 Å². The predicted molar refractivity (Wildman–Crippen MR) is 61.2 cm³/mol. The molecule has 0 aliphatic carbocycles. The van der Waals surface area contributed by atoms with E-state index in [9.17, 15) is 15.0 Å². The molecule has 17 heavy (non-hydrogen) atoms. The van der Waals surface area contributed by atoms with Gasteiger partial charge in [-0.05, 0) is 31.5 Å². The van der Waals surface area contributed by atoms with Gasteiger partial charge in [-0.1, -0.05) is 0 Å². The van der Waals surface area contributed by atoms with Crippen molar-refractivity contribution in [3.05, 3.63) is 29.6 Å². The molecule has 0 saturated heterocycles. The fraction of sp³-hybridized carbons (Fsp3) is 0.500. The van der Waals surface area contributed by atoms with Gasteiger partial charge in [0.25, 0.3) is 0 Å². The van der Waals surface area contributed by atoms with Crippen molar-refractivity contribution in [2.45, 2.75) is 32.5 Å². The number of aliphatic hydroxyl groups excluding tert-OH is 2. The van der Waals surface area contributed by atoms with E-state index in [1.807, 2.05) is 6.92 Å². The van der Waals surface area contributed by atoms with Gasteiger partial charge in [-0.25, -0.2) is 0 Å². The van der Waals surface area contributed by atoms with E-state index in [-0.39, 0.29) is 13.0 Å². The molecule has 0 aliphatic rings. The van der Waals surface area contributed by atoms with Crippen LogP contribution in [-0.2, 0) is 9.53 Å². The van der Waals surface area contributed by atoms with Crippen LogP contribution in [0.5, 0.6) is 0 Å². The first-order valence-electron chi connectivity index (χ1n) is 5.49. The molecule has 5 heteroatoms. The number of hydrogen-bond acceptors (Lipinski definition) is 5. The Hall–Kier alpha value is -1.46. The third-order valence-electron chi connectivity index (χ3n) is 2.29. The second-order valence-electron chi connectivity index (χ2n) is 3.78. The first-order chi connectivity index (χ1) is 8.04. The van der Waals surface area contributed by atoms with Crippen molar-refractivity contribution in [3.63, 3.8) is 0 Å². The average Bonchev–Trinajstić information content (AvgIpc) is 2.28. The summed E-state index contributed by atoms with van der Waals surface area (Å²) in [5, 5.41) is 19.5. The second-order valence-corrected chi connectivity index (χ2v) is 3.78. The largest absolute Gasteiger partial charge is 0.466 e. The summed E-state index contributed by atoms with van der Waals surface area (Å²) in [7, 11) is 0. The molecule has 0 saturated carbocycles. The monoisotopic (exact) mass is 239 g/mol. The summed E-state index contributed by atoms with van der Waals surface area (Å²) in [5.74, 6) is -0.535. The van der Waals surface area contributed by atoms with Crippen LogP contribution in [-0.4, -0.2) is 33.9 Å². The van der Waals surface area contributed by atoms with Crippen LogP contribution in [0.25, 0.3) is 0 Å². The van der Waals surface area contributed by atoms with Crippen molar-refractivity contribution in [3.8, 4) is 0 Å². The molecule has 2 unspecified atom stereocenters. The lowest BCUT2D eigenvalue weighted by Gasteiger charge is -2.16. The maximum Gasteiger partial charge on any atom is 0.308 e. The van der Waals surface area contributed by atoms with E-state index in [1.54, 1.807) is 25.3 Å². The van der Waals surface area contributed by atoms with Crippen LogP contribution in [0, 0.1) is 6.92 Å². The van der Waals surface area contributed by atoms with Gasteiger partial charge < -0.3 is 14.9 Å². The molecule has 0 aromatic carbocycles. The van der Waals surface area contributed by atoms with E-state index in [0.29, 0.717) is 5.69 Å². The minimum atomic E-state index is -1.21. The fourth-order valence-electron chi connectivity index (χ4n) is 1.42. The SMILES string of the molecule is CCOC(=O)CC(O)C(O)c1cc(C)ccn1. The van der Waals surface area contributed by atoms with Crippen LogP contribution >= 0.6 is 0 Å². The Balaban J connectivity index is 2.63. The van der Waals surface area contributed by atoms with Gasteiger partial charge in [0.05, 0.1) is 24.8 Å².